The lowest BCUT2D eigenvalue weighted by Crippen LogP contribution is -2.35. The molecule has 0 radical (unpaired) electrons. The Morgan fingerprint density at radius 2 is 1.86 bits per heavy atom. The number of carbonyl (C=O) groups excluding carboxylic acids is 1. The van der Waals surface area contributed by atoms with Crippen LogP contribution in [-0.2, 0) is 4.79 Å². The van der Waals surface area contributed by atoms with Crippen molar-refractivity contribution in [2.45, 2.75) is 40.0 Å². The topological polar surface area (TPSA) is 120 Å². The minimum absolute atomic E-state index is 0.00385. The van der Waals surface area contributed by atoms with Gasteiger partial charge >= 0.3 is 0 Å². The zero-order valence-corrected chi connectivity index (χ0v) is 20.6. The third-order valence-corrected chi connectivity index (χ3v) is 7.45. The smallest absolute Gasteiger partial charge is 0.283 e. The van der Waals surface area contributed by atoms with Crippen LogP contribution in [-0.4, -0.2) is 54.6 Å². The summed E-state index contributed by atoms with van der Waals surface area (Å²) in [5.74, 6) is -0.476. The minimum Gasteiger partial charge on any atom is -0.349 e. The summed E-state index contributed by atoms with van der Waals surface area (Å²) in [5.41, 5.74) is 4.18. The molecule has 2 aromatic rings. The number of likely N-dealkylation sites (tertiary alicyclic amines) is 1. The largest absolute Gasteiger partial charge is 0.349 e. The summed E-state index contributed by atoms with van der Waals surface area (Å²) >= 11 is 1.33. The minimum atomic E-state index is -0.472. The predicted octanol–water partition coefficient (Wildman–Crippen LogP) is 4.37. The number of amides is 1. The first kappa shape index (κ1) is 23.0. The molecule has 0 saturated carbocycles. The Hall–Kier alpha value is -3.73. The van der Waals surface area contributed by atoms with Gasteiger partial charge in [0.2, 0.25) is 5.17 Å². The van der Waals surface area contributed by atoms with Gasteiger partial charge in [-0.1, -0.05) is 6.07 Å². The van der Waals surface area contributed by atoms with E-state index in [1.807, 2.05) is 31.4 Å². The predicted molar refractivity (Wildman–Crippen MR) is 137 cm³/mol. The van der Waals surface area contributed by atoms with Gasteiger partial charge in [0, 0.05) is 36.6 Å². The molecule has 10 nitrogen and oxygen atoms in total. The van der Waals surface area contributed by atoms with Crippen LogP contribution in [0.4, 0.5) is 5.69 Å². The molecular formula is C24H25N7O3S. The lowest BCUT2D eigenvalue weighted by Gasteiger charge is -2.26. The number of non-ortho nitro benzene ring substituents is 1. The SMILES string of the molecule is Cc1ccc([N+](=O)[O-])cc1-n1c(C)cc(/C=C2\C(=N)N3N=C(N4CCCCC4)SC3=NC2=O)c1C. The van der Waals surface area contributed by atoms with Crippen LogP contribution in [0.25, 0.3) is 11.8 Å². The van der Waals surface area contributed by atoms with Crippen LogP contribution in [0.15, 0.2) is 39.9 Å². The van der Waals surface area contributed by atoms with E-state index in [0.717, 1.165) is 53.6 Å². The summed E-state index contributed by atoms with van der Waals surface area (Å²) in [6, 6.07) is 6.67. The molecule has 3 aliphatic heterocycles. The van der Waals surface area contributed by atoms with Gasteiger partial charge in [-0.05, 0) is 75.1 Å². The molecule has 1 N–H and O–H groups in total. The molecule has 0 unspecified atom stereocenters. The third-order valence-electron chi connectivity index (χ3n) is 6.48. The number of hydrogen-bond acceptors (Lipinski definition) is 7. The van der Waals surface area contributed by atoms with E-state index in [9.17, 15) is 14.9 Å². The lowest BCUT2D eigenvalue weighted by molar-refractivity contribution is -0.384. The first-order chi connectivity index (χ1) is 16.7. The van der Waals surface area contributed by atoms with Crippen LogP contribution in [0.5, 0.6) is 0 Å². The van der Waals surface area contributed by atoms with E-state index in [4.69, 9.17) is 5.41 Å². The standard InChI is InChI=1S/C24H25N7O3S/c1-14-7-8-18(31(33)34)13-20(14)29-15(2)11-17(16(29)3)12-19-21(25)30-23(26-22(19)32)35-24(27-30)28-9-5-4-6-10-28/h7-8,11-13,25H,4-6,9-10H2,1-3H3/b19-12+,25-21?. The van der Waals surface area contributed by atoms with E-state index in [1.54, 1.807) is 18.2 Å². The molecule has 5 rings (SSSR count). The second kappa shape index (κ2) is 8.81. The summed E-state index contributed by atoms with van der Waals surface area (Å²) in [5, 5.41) is 27.2. The van der Waals surface area contributed by atoms with Crippen molar-refractivity contribution in [2.75, 3.05) is 13.1 Å². The number of benzene rings is 1. The van der Waals surface area contributed by atoms with Crippen molar-refractivity contribution in [2.24, 2.45) is 10.1 Å². The lowest BCUT2D eigenvalue weighted by atomic mass is 10.1. The van der Waals surface area contributed by atoms with Crippen LogP contribution < -0.4 is 0 Å². The number of amidine groups is 3. The Balaban J connectivity index is 1.50. The average molecular weight is 492 g/mol. The van der Waals surface area contributed by atoms with Crippen LogP contribution in [0.1, 0.15) is 41.8 Å². The van der Waals surface area contributed by atoms with Crippen LogP contribution in [0.3, 0.4) is 0 Å². The summed E-state index contributed by atoms with van der Waals surface area (Å²) in [4.78, 5) is 30.2. The van der Waals surface area contributed by atoms with Crippen LogP contribution in [0.2, 0.25) is 0 Å². The second-order valence-corrected chi connectivity index (χ2v) is 9.77. The number of aliphatic imine (C=N–C) groups is 1. The van der Waals surface area contributed by atoms with Gasteiger partial charge in [-0.15, -0.1) is 5.10 Å². The molecule has 1 amide bonds. The van der Waals surface area contributed by atoms with Crippen molar-refractivity contribution in [3.63, 3.8) is 0 Å². The van der Waals surface area contributed by atoms with Gasteiger partial charge < -0.3 is 9.47 Å². The molecule has 0 atom stereocenters. The number of aryl methyl sites for hydroxylation is 2. The van der Waals surface area contributed by atoms with E-state index < -0.39 is 10.8 Å². The molecule has 11 heteroatoms. The third kappa shape index (κ3) is 4.05. The number of thioether (sulfide) groups is 1. The number of hydrogen-bond donors (Lipinski definition) is 1. The highest BCUT2D eigenvalue weighted by Gasteiger charge is 2.37. The zero-order valence-electron chi connectivity index (χ0n) is 19.7. The molecule has 35 heavy (non-hydrogen) atoms. The summed E-state index contributed by atoms with van der Waals surface area (Å²) < 4.78 is 1.93. The van der Waals surface area contributed by atoms with E-state index in [1.165, 1.54) is 29.3 Å². The summed E-state index contributed by atoms with van der Waals surface area (Å²) in [6.07, 6.45) is 5.07. The molecular weight excluding hydrogens is 466 g/mol. The number of nitro benzene ring substituents is 1. The average Bonchev–Trinajstić information content (AvgIpc) is 3.38. The van der Waals surface area contributed by atoms with Crippen molar-refractivity contribution < 1.29 is 9.72 Å². The van der Waals surface area contributed by atoms with E-state index in [0.29, 0.717) is 10.9 Å². The maximum Gasteiger partial charge on any atom is 0.283 e. The van der Waals surface area contributed by atoms with Crippen LogP contribution >= 0.6 is 11.8 Å². The number of nitrogens with zero attached hydrogens (tertiary/aromatic N) is 6. The maximum atomic E-state index is 12.9. The highest BCUT2D eigenvalue weighted by Crippen LogP contribution is 2.32. The molecule has 1 fully saturated rings. The summed E-state index contributed by atoms with van der Waals surface area (Å²) in [6.45, 7) is 7.53. The zero-order chi connectivity index (χ0) is 24.9. The molecule has 0 bridgehead atoms. The van der Waals surface area contributed by atoms with E-state index >= 15 is 0 Å². The van der Waals surface area contributed by atoms with Crippen LogP contribution in [0, 0.1) is 36.3 Å². The van der Waals surface area contributed by atoms with Crippen molar-refractivity contribution in [3.8, 4) is 5.69 Å². The maximum absolute atomic E-state index is 12.9. The molecule has 4 heterocycles. The molecule has 1 aromatic carbocycles. The molecule has 180 valence electrons. The molecule has 0 spiro atoms. The Morgan fingerprint density at radius 3 is 2.57 bits per heavy atom. The van der Waals surface area contributed by atoms with Gasteiger partial charge in [-0.25, -0.2) is 0 Å². The molecule has 1 aromatic heterocycles. The number of hydrazone groups is 1. The fourth-order valence-corrected chi connectivity index (χ4v) is 5.55. The fraction of sp³-hybridized carbons (Fsp3) is 0.333. The highest BCUT2D eigenvalue weighted by atomic mass is 32.2. The number of nitrogens with one attached hydrogen (secondary N) is 1. The number of aromatic nitrogens is 1. The first-order valence-electron chi connectivity index (χ1n) is 11.4. The number of piperidine rings is 1. The number of rotatable bonds is 3. The van der Waals surface area contributed by atoms with Gasteiger partial charge in [-0.2, -0.15) is 10.0 Å². The van der Waals surface area contributed by atoms with Crippen molar-refractivity contribution in [1.29, 1.82) is 5.41 Å². The van der Waals surface area contributed by atoms with E-state index in [2.05, 4.69) is 15.0 Å². The van der Waals surface area contributed by atoms with Gasteiger partial charge in [0.15, 0.2) is 11.0 Å². The fourth-order valence-electron chi connectivity index (χ4n) is 4.61. The van der Waals surface area contributed by atoms with Crippen molar-refractivity contribution in [3.05, 3.63) is 62.5 Å². The molecule has 3 aliphatic rings. The van der Waals surface area contributed by atoms with Crippen molar-refractivity contribution in [1.82, 2.24) is 14.5 Å². The van der Waals surface area contributed by atoms with Gasteiger partial charge in [0.1, 0.15) is 0 Å². The quantitative estimate of drug-likeness (QED) is 0.387. The number of fused-ring (bicyclic) bond motifs is 1. The van der Waals surface area contributed by atoms with Gasteiger partial charge in [0.25, 0.3) is 11.6 Å². The normalized spacial score (nSPS) is 19.2. The first-order valence-corrected chi connectivity index (χ1v) is 12.3. The molecule has 0 aliphatic carbocycles. The Labute approximate surface area is 206 Å². The Kier molecular flexibility index (Phi) is 5.79. The summed E-state index contributed by atoms with van der Waals surface area (Å²) in [7, 11) is 0. The number of carbonyl (C=O) groups is 1. The number of nitro groups is 1. The second-order valence-electron chi connectivity index (χ2n) is 8.84. The highest BCUT2D eigenvalue weighted by molar-refractivity contribution is 8.26. The Bertz CT molecular complexity index is 1370. The van der Waals surface area contributed by atoms with E-state index in [-0.39, 0.29) is 17.1 Å². The van der Waals surface area contributed by atoms with Gasteiger partial charge in [-0.3, -0.25) is 20.3 Å². The van der Waals surface area contributed by atoms with Crippen molar-refractivity contribution >= 4 is 45.6 Å². The monoisotopic (exact) mass is 491 g/mol. The Morgan fingerprint density at radius 1 is 1.11 bits per heavy atom. The van der Waals surface area contributed by atoms with Gasteiger partial charge in [0.05, 0.1) is 16.2 Å². The molecule has 1 saturated heterocycles.